The Kier molecular flexibility index (Phi) is 11.6. The number of pyridine rings is 2. The predicted octanol–water partition coefficient (Wildman–Crippen LogP) is 3.74. The molecule has 9 nitrogen and oxygen atoms in total. The van der Waals surface area contributed by atoms with Gasteiger partial charge in [-0.05, 0) is 62.8 Å². The van der Waals surface area contributed by atoms with Crippen LogP contribution in [0.5, 0.6) is 0 Å². The van der Waals surface area contributed by atoms with Crippen LogP contribution in [0.2, 0.25) is 0 Å². The zero-order valence-corrected chi connectivity index (χ0v) is 22.3. The molecule has 0 aromatic carbocycles. The molecule has 2 aromatic rings. The zero-order chi connectivity index (χ0) is 29.1. The van der Waals surface area contributed by atoms with E-state index < -0.39 is 48.0 Å². The molecule has 0 fully saturated rings. The van der Waals surface area contributed by atoms with Crippen LogP contribution < -0.4 is 10.6 Å². The summed E-state index contributed by atoms with van der Waals surface area (Å²) in [5.41, 5.74) is 0.193. The second-order valence-electron chi connectivity index (χ2n) is 9.68. The molecule has 220 valence electrons. The predicted molar refractivity (Wildman–Crippen MR) is 140 cm³/mol. The molecule has 3 rings (SSSR count). The normalized spacial score (nSPS) is 14.8. The maximum absolute atomic E-state index is 13.4. The number of methoxy groups -OCH3 is 1. The number of aliphatic carboxylic acids is 1. The molecule has 40 heavy (non-hydrogen) atoms. The number of aryl methyl sites for hydroxylation is 2. The van der Waals surface area contributed by atoms with Gasteiger partial charge in [-0.25, -0.2) is 14.2 Å². The first-order valence-electron chi connectivity index (χ1n) is 13.2. The highest BCUT2D eigenvalue weighted by Gasteiger charge is 2.36. The molecular weight excluding hydrogens is 534 g/mol. The van der Waals surface area contributed by atoms with Crippen molar-refractivity contribution in [3.63, 3.8) is 0 Å². The van der Waals surface area contributed by atoms with E-state index in [0.717, 1.165) is 56.1 Å². The molecule has 1 aliphatic heterocycles. The van der Waals surface area contributed by atoms with Crippen LogP contribution in [0.25, 0.3) is 0 Å². The number of carboxylic acids is 1. The lowest BCUT2D eigenvalue weighted by Gasteiger charge is -2.27. The lowest BCUT2D eigenvalue weighted by molar-refractivity contribution is -0.139. The summed E-state index contributed by atoms with van der Waals surface area (Å²) in [5, 5.41) is 15.1. The van der Waals surface area contributed by atoms with Crippen LogP contribution in [-0.2, 0) is 28.5 Å². The summed E-state index contributed by atoms with van der Waals surface area (Å²) in [6, 6.07) is 3.30. The minimum atomic E-state index is -4.81. The Labute approximate surface area is 230 Å². The molecule has 1 aliphatic rings. The van der Waals surface area contributed by atoms with E-state index >= 15 is 0 Å². The van der Waals surface area contributed by atoms with E-state index in [0.29, 0.717) is 19.0 Å². The second-order valence-corrected chi connectivity index (χ2v) is 9.68. The summed E-state index contributed by atoms with van der Waals surface area (Å²) in [4.78, 5) is 34.5. The topological polar surface area (TPSA) is 117 Å². The van der Waals surface area contributed by atoms with Gasteiger partial charge in [0.05, 0.1) is 17.2 Å². The van der Waals surface area contributed by atoms with Gasteiger partial charge >= 0.3 is 12.1 Å². The quantitative estimate of drug-likeness (QED) is 0.220. The first kappa shape index (κ1) is 31.2. The van der Waals surface area contributed by atoms with Crippen LogP contribution in [0, 0.1) is 0 Å². The molecule has 1 amide bonds. The minimum absolute atomic E-state index is 0.108. The van der Waals surface area contributed by atoms with Gasteiger partial charge in [0.2, 0.25) is 0 Å². The van der Waals surface area contributed by atoms with E-state index in [4.69, 9.17) is 4.74 Å². The molecule has 0 bridgehead atoms. The fourth-order valence-electron chi connectivity index (χ4n) is 4.55. The number of amides is 1. The number of anilines is 1. The van der Waals surface area contributed by atoms with Crippen molar-refractivity contribution in [3.8, 4) is 0 Å². The van der Waals surface area contributed by atoms with Gasteiger partial charge in [-0.1, -0.05) is 6.07 Å². The number of halogens is 4. The number of aromatic nitrogens is 2. The Balaban J connectivity index is 1.58. The summed E-state index contributed by atoms with van der Waals surface area (Å²) in [7, 11) is 1.38. The lowest BCUT2D eigenvalue weighted by Crippen LogP contribution is -2.45. The number of rotatable bonds is 15. The second kappa shape index (κ2) is 14.9. The van der Waals surface area contributed by atoms with Crippen LogP contribution in [0.4, 0.5) is 23.4 Å². The minimum Gasteiger partial charge on any atom is -0.480 e. The third-order valence-corrected chi connectivity index (χ3v) is 6.78. The van der Waals surface area contributed by atoms with E-state index in [1.807, 2.05) is 11.0 Å². The number of unbranched alkanes of at least 4 members (excludes halogenated alkanes) is 1. The molecular formula is C27H35F4N5O4. The molecule has 0 saturated heterocycles. The number of carboxylic acid groups (broad SMARTS) is 1. The largest absolute Gasteiger partial charge is 0.480 e. The van der Waals surface area contributed by atoms with Gasteiger partial charge in [0.25, 0.3) is 5.91 Å². The number of ether oxygens (including phenoxy) is 1. The van der Waals surface area contributed by atoms with Crippen molar-refractivity contribution in [1.82, 2.24) is 20.2 Å². The first-order chi connectivity index (χ1) is 19.1. The number of fused-ring (bicyclic) bond motifs is 1. The van der Waals surface area contributed by atoms with E-state index in [1.54, 1.807) is 0 Å². The third kappa shape index (κ3) is 9.12. The summed E-state index contributed by atoms with van der Waals surface area (Å²) >= 11 is 0. The zero-order valence-electron chi connectivity index (χ0n) is 22.3. The van der Waals surface area contributed by atoms with Crippen molar-refractivity contribution in [2.24, 2.45) is 0 Å². The number of nitrogens with one attached hydrogen (secondary N) is 2. The fourth-order valence-corrected chi connectivity index (χ4v) is 4.55. The number of hydrogen-bond acceptors (Lipinski definition) is 7. The third-order valence-electron chi connectivity index (χ3n) is 6.78. The van der Waals surface area contributed by atoms with Crippen LogP contribution in [0.15, 0.2) is 30.6 Å². The highest BCUT2D eigenvalue weighted by atomic mass is 19.4. The summed E-state index contributed by atoms with van der Waals surface area (Å²) in [6.07, 6.45) is 0.333. The average molecular weight is 570 g/mol. The van der Waals surface area contributed by atoms with Crippen molar-refractivity contribution in [2.75, 3.05) is 45.3 Å². The molecule has 0 radical (unpaired) electrons. The van der Waals surface area contributed by atoms with Crippen LogP contribution >= 0.6 is 0 Å². The smallest absolute Gasteiger partial charge is 0.417 e. The SMILES string of the molecule is CO[C@H](CF)CN(CCCCc1ccc2c(n1)NCCC2)CC[C@H](NC(=O)c1cnccc1C(F)(F)F)C(=O)O. The van der Waals surface area contributed by atoms with Gasteiger partial charge < -0.3 is 25.4 Å². The molecule has 2 atom stereocenters. The number of carbonyl (C=O) groups excluding carboxylic acids is 1. The fraction of sp³-hybridized carbons (Fsp3) is 0.556. The lowest BCUT2D eigenvalue weighted by atomic mass is 10.1. The number of nitrogens with zero attached hydrogens (tertiary/aromatic N) is 3. The van der Waals surface area contributed by atoms with Gasteiger partial charge in [-0.15, -0.1) is 0 Å². The molecule has 2 aromatic heterocycles. The van der Waals surface area contributed by atoms with Gasteiger partial charge in [-0.2, -0.15) is 13.2 Å². The number of carbonyl (C=O) groups is 2. The standard InChI is InChI=1S/C27H35F4N5O4/c1-40-20(15-28)17-36(13-3-2-6-19-8-7-18-5-4-11-33-24(18)34-19)14-10-23(26(38)39)35-25(37)21-16-32-12-9-22(21)27(29,30)31/h7-9,12,16,20,23H,2-6,10-11,13-15,17H2,1H3,(H,33,34)(H,35,37)(H,38,39)/t20-,23+/m1/s1. The van der Waals surface area contributed by atoms with Crippen LogP contribution in [-0.4, -0.2) is 84.0 Å². The summed E-state index contributed by atoms with van der Waals surface area (Å²) in [6.45, 7) is 1.01. The number of hydrogen-bond donors (Lipinski definition) is 3. The van der Waals surface area contributed by atoms with Crippen molar-refractivity contribution in [2.45, 2.75) is 56.8 Å². The highest BCUT2D eigenvalue weighted by Crippen LogP contribution is 2.31. The van der Waals surface area contributed by atoms with Gasteiger partial charge in [0.15, 0.2) is 0 Å². The monoisotopic (exact) mass is 569 g/mol. The molecule has 0 aliphatic carbocycles. The Morgan fingerprint density at radius 1 is 1.23 bits per heavy atom. The maximum Gasteiger partial charge on any atom is 0.417 e. The molecule has 0 unspecified atom stereocenters. The van der Waals surface area contributed by atoms with Crippen molar-refractivity contribution < 1.29 is 37.0 Å². The van der Waals surface area contributed by atoms with Gasteiger partial charge in [0.1, 0.15) is 18.5 Å². The van der Waals surface area contributed by atoms with Crippen molar-refractivity contribution in [1.29, 1.82) is 0 Å². The van der Waals surface area contributed by atoms with Crippen molar-refractivity contribution >= 4 is 17.7 Å². The molecule has 3 heterocycles. The van der Waals surface area contributed by atoms with E-state index in [1.165, 1.54) is 12.7 Å². The molecule has 3 N–H and O–H groups in total. The van der Waals surface area contributed by atoms with Gasteiger partial charge in [-0.3, -0.25) is 9.78 Å². The first-order valence-corrected chi connectivity index (χ1v) is 13.2. The van der Waals surface area contributed by atoms with Crippen molar-refractivity contribution in [3.05, 3.63) is 53.0 Å². The summed E-state index contributed by atoms with van der Waals surface area (Å²) in [5.74, 6) is -1.66. The van der Waals surface area contributed by atoms with E-state index in [2.05, 4.69) is 26.7 Å². The molecule has 0 saturated carbocycles. The highest BCUT2D eigenvalue weighted by molar-refractivity contribution is 5.97. The molecule has 0 spiro atoms. The maximum atomic E-state index is 13.4. The Morgan fingerprint density at radius 3 is 2.73 bits per heavy atom. The number of alkyl halides is 4. The summed E-state index contributed by atoms with van der Waals surface area (Å²) < 4.78 is 58.4. The van der Waals surface area contributed by atoms with E-state index in [-0.39, 0.29) is 19.5 Å². The van der Waals surface area contributed by atoms with Crippen LogP contribution in [0.1, 0.15) is 52.9 Å². The van der Waals surface area contributed by atoms with Crippen LogP contribution in [0.3, 0.4) is 0 Å². The Bertz CT molecular complexity index is 1130. The Morgan fingerprint density at radius 2 is 2.02 bits per heavy atom. The van der Waals surface area contributed by atoms with E-state index in [9.17, 15) is 32.3 Å². The Hall–Kier alpha value is -3.32. The average Bonchev–Trinajstić information content (AvgIpc) is 2.94. The van der Waals surface area contributed by atoms with Gasteiger partial charge in [0, 0.05) is 44.8 Å². The molecule has 13 heteroatoms.